The molecule has 427 valence electrons. The van der Waals surface area contributed by atoms with Crippen LogP contribution in [-0.2, 0) is 14.4 Å². The molecule has 0 aromatic heterocycles. The second-order valence-electron chi connectivity index (χ2n) is 19.5. The number of carboxylic acid groups (broad SMARTS) is 1. The molecular weight excluding hydrogens is 1080 g/mol. The number of carbonyl (C=O) groups is 5. The third-order valence-electron chi connectivity index (χ3n) is 13.6. The van der Waals surface area contributed by atoms with Gasteiger partial charge >= 0.3 is 5.97 Å². The Morgan fingerprint density at radius 1 is 0.783 bits per heavy atom. The number of nitrogens with zero attached hydrogens (tertiary/aromatic N) is 9. The predicted octanol–water partition coefficient (Wildman–Crippen LogP) is 9.39. The number of fused-ring (bicyclic) bond motifs is 2. The molecule has 3 N–H and O–H groups in total. The van der Waals surface area contributed by atoms with Gasteiger partial charge in [-0.3, -0.25) is 34.2 Å². The number of anilines is 2. The monoisotopic (exact) mass is 1140 g/mol. The topological polar surface area (TPSA) is 267 Å². The number of thioether (sulfide) groups is 1. The number of non-ortho nitro benzene ring substituents is 1. The Labute approximate surface area is 485 Å². The summed E-state index contributed by atoms with van der Waals surface area (Å²) in [5, 5.41) is 45.4. The van der Waals surface area contributed by atoms with Crippen molar-refractivity contribution in [2.45, 2.75) is 30.9 Å². The number of hydrogen-bond acceptors (Lipinski definition) is 17. The molecule has 5 aromatic carbocycles. The largest absolute Gasteiger partial charge is 0.494 e. The number of azo groups is 2. The van der Waals surface area contributed by atoms with Crippen LogP contribution < -0.4 is 39.8 Å². The van der Waals surface area contributed by atoms with Gasteiger partial charge in [0.05, 0.1) is 47.4 Å². The fourth-order valence-corrected chi connectivity index (χ4v) is 10.1. The maximum Gasteiger partial charge on any atom is 0.336 e. The number of nitrogens with one attached hydrogen (secondary N) is 2. The van der Waals surface area contributed by atoms with Crippen LogP contribution in [0.25, 0.3) is 33.4 Å². The van der Waals surface area contributed by atoms with Crippen molar-refractivity contribution >= 4 is 101 Å². The summed E-state index contributed by atoms with van der Waals surface area (Å²) in [4.78, 5) is 80.9. The molecule has 2 heterocycles. The molecule has 3 aliphatic rings. The summed E-state index contributed by atoms with van der Waals surface area (Å²) in [6, 6.07) is 32.4. The highest BCUT2D eigenvalue weighted by Crippen LogP contribution is 2.43. The number of nitro groups is 1. The van der Waals surface area contributed by atoms with Gasteiger partial charge in [0, 0.05) is 144 Å². The first-order chi connectivity index (χ1) is 39.4. The van der Waals surface area contributed by atoms with E-state index in [0.29, 0.717) is 99.4 Å². The molecule has 0 saturated carbocycles. The zero-order valence-electron chi connectivity index (χ0n) is 47.0. The number of methoxy groups -OCH3 is 2. The van der Waals surface area contributed by atoms with Gasteiger partial charge in [0.2, 0.25) is 23.1 Å². The number of benzene rings is 6. The Bertz CT molecular complexity index is 3660. The average Bonchev–Trinajstić information content (AvgIpc) is 2.51. The number of nitro benzene ring substituents is 1. The van der Waals surface area contributed by atoms with E-state index in [1.807, 2.05) is 110 Å². The van der Waals surface area contributed by atoms with E-state index in [-0.39, 0.29) is 68.9 Å². The number of aromatic carboxylic acids is 1. The first-order valence-electron chi connectivity index (χ1n) is 26.1. The van der Waals surface area contributed by atoms with Crippen LogP contribution in [-0.4, -0.2) is 140 Å². The van der Waals surface area contributed by atoms with Gasteiger partial charge in [0.1, 0.15) is 48.3 Å². The summed E-state index contributed by atoms with van der Waals surface area (Å²) in [5.74, 6) is -0.711. The van der Waals surface area contributed by atoms with Crippen molar-refractivity contribution in [2.24, 2.45) is 20.5 Å². The number of imide groups is 1. The molecule has 83 heavy (non-hydrogen) atoms. The van der Waals surface area contributed by atoms with Crippen LogP contribution in [0.2, 0.25) is 0 Å². The quantitative estimate of drug-likeness (QED) is 0.00744. The normalized spacial score (nSPS) is 13.1. The van der Waals surface area contributed by atoms with Gasteiger partial charge < -0.3 is 39.4 Å². The second kappa shape index (κ2) is 27.8. The van der Waals surface area contributed by atoms with Crippen LogP contribution in [0.15, 0.2) is 140 Å². The molecular formula is C59H62BN11O11S+. The van der Waals surface area contributed by atoms with Crippen molar-refractivity contribution in [1.29, 1.82) is 0 Å². The van der Waals surface area contributed by atoms with Crippen molar-refractivity contribution in [3.63, 3.8) is 0 Å². The first-order valence-corrected chi connectivity index (χ1v) is 27.2. The van der Waals surface area contributed by atoms with Crippen molar-refractivity contribution in [3.05, 3.63) is 142 Å². The number of ether oxygens (including phenoxy) is 2. The summed E-state index contributed by atoms with van der Waals surface area (Å²) in [5.41, 5.74) is 5.95. The van der Waals surface area contributed by atoms with E-state index in [1.165, 1.54) is 61.2 Å². The van der Waals surface area contributed by atoms with Crippen LogP contribution in [0.5, 0.6) is 11.5 Å². The van der Waals surface area contributed by atoms with E-state index in [9.17, 15) is 39.2 Å². The molecule has 1 saturated heterocycles. The number of likely N-dealkylation sites (tertiary alicyclic amines) is 1. The Balaban J connectivity index is 0.00000990. The summed E-state index contributed by atoms with van der Waals surface area (Å²) in [7, 11) is 12.6. The van der Waals surface area contributed by atoms with Gasteiger partial charge in [-0.2, -0.15) is 10.2 Å². The lowest BCUT2D eigenvalue weighted by atomic mass is 9.89. The molecule has 2 aliphatic heterocycles. The van der Waals surface area contributed by atoms with Crippen LogP contribution in [0.1, 0.15) is 46.4 Å². The van der Waals surface area contributed by atoms with Gasteiger partial charge in [-0.05, 0) is 85.1 Å². The standard InChI is InChI=1S/C59H61N11O11S.B/c1-66(2)41-20-23-44-49(31-41)81-50-32-42(67(3)4)21-24-45(50)56(44)43-22-11-36(30-46(43)59(75)76)57(73)61-25-9-28-69-55(72)35-53(58(69)74)82-29-26-60-54(71)10-8-27-68(5)39-16-12-37(13-17-39)62-64-47-33-52(80-7)48(34-51(47)79-6)65-63-38-14-18-40(19-15-38)70(77)78;/h11-24,30-34,53H,8-10,25-29,35H2,1-7H3,(H2-,60,61,71,73,75,76);/p+1. The summed E-state index contributed by atoms with van der Waals surface area (Å²) >= 11 is 1.32. The molecule has 0 spiro atoms. The Morgan fingerprint density at radius 3 is 2.04 bits per heavy atom. The highest BCUT2D eigenvalue weighted by Gasteiger charge is 2.38. The molecule has 1 atom stereocenters. The lowest BCUT2D eigenvalue weighted by molar-refractivity contribution is -0.384. The van der Waals surface area contributed by atoms with Crippen molar-refractivity contribution < 1.29 is 47.9 Å². The van der Waals surface area contributed by atoms with Crippen molar-refractivity contribution in [1.82, 2.24) is 20.1 Å². The van der Waals surface area contributed by atoms with Crippen LogP contribution in [0, 0.1) is 10.1 Å². The third-order valence-corrected chi connectivity index (χ3v) is 14.8. The average molecular weight is 1140 g/mol. The molecule has 24 heteroatoms. The van der Waals surface area contributed by atoms with Crippen molar-refractivity contribution in [3.8, 4) is 33.9 Å². The summed E-state index contributed by atoms with van der Waals surface area (Å²) in [6.07, 6.45) is 1.20. The molecule has 1 aliphatic carbocycles. The summed E-state index contributed by atoms with van der Waals surface area (Å²) in [6.45, 7) is 1.16. The highest BCUT2D eigenvalue weighted by molar-refractivity contribution is 8.00. The molecule has 8 rings (SSSR count). The van der Waals surface area contributed by atoms with Crippen LogP contribution in [0.4, 0.5) is 39.8 Å². The van der Waals surface area contributed by atoms with Gasteiger partial charge in [0.25, 0.3) is 11.6 Å². The maximum absolute atomic E-state index is 13.4. The van der Waals surface area contributed by atoms with Gasteiger partial charge in [-0.15, -0.1) is 22.0 Å². The number of carbonyl (C=O) groups excluding carboxylic acids is 4. The highest BCUT2D eigenvalue weighted by atomic mass is 32.2. The van der Waals surface area contributed by atoms with Crippen LogP contribution >= 0.6 is 11.8 Å². The van der Waals surface area contributed by atoms with E-state index < -0.39 is 22.0 Å². The van der Waals surface area contributed by atoms with Crippen molar-refractivity contribution in [2.75, 3.05) is 91.2 Å². The smallest absolute Gasteiger partial charge is 0.336 e. The molecule has 5 aromatic rings. The number of carboxylic acids is 1. The zero-order valence-corrected chi connectivity index (χ0v) is 47.8. The fourth-order valence-electron chi connectivity index (χ4n) is 9.10. The molecule has 3 radical (unpaired) electrons. The van der Waals surface area contributed by atoms with Crippen LogP contribution in [0.3, 0.4) is 0 Å². The number of hydrogen-bond donors (Lipinski definition) is 3. The molecule has 1 fully saturated rings. The number of rotatable bonds is 24. The van der Waals surface area contributed by atoms with Gasteiger partial charge in [-0.1, -0.05) is 6.07 Å². The first kappa shape index (κ1) is 61.2. The SMILES string of the molecule is COc1cc(N=Nc2ccc([N+](=O)[O-])cc2)c(OC)cc1N=Nc1ccc(N(C)CCCC(=O)NCCSC2CC(=O)N(CCCNC(=O)c3ccc(-c4c5ccc(=[N+](C)C)cc-5oc5cc(N(C)C)ccc45)c(C(=O)O)c3)C2=O)cc1.[B]. The van der Waals surface area contributed by atoms with E-state index >= 15 is 0 Å². The molecule has 0 bridgehead atoms. The Kier molecular flexibility index (Phi) is 20.5. The van der Waals surface area contributed by atoms with Gasteiger partial charge in [0.15, 0.2) is 0 Å². The minimum atomic E-state index is -1.20. The minimum absolute atomic E-state index is 0. The second-order valence-corrected chi connectivity index (χ2v) is 20.8. The third kappa shape index (κ3) is 14.9. The van der Waals surface area contributed by atoms with Gasteiger partial charge in [-0.25, -0.2) is 9.37 Å². The Morgan fingerprint density at radius 2 is 1.42 bits per heavy atom. The van der Waals surface area contributed by atoms with E-state index in [1.54, 1.807) is 24.3 Å². The zero-order chi connectivity index (χ0) is 58.6. The fraction of sp³-hybridized carbons (Fsp3) is 0.288. The molecule has 1 unspecified atom stereocenters. The number of amides is 4. The minimum Gasteiger partial charge on any atom is -0.494 e. The summed E-state index contributed by atoms with van der Waals surface area (Å²) < 4.78 is 19.4. The van der Waals surface area contributed by atoms with E-state index in [4.69, 9.17) is 13.9 Å². The predicted molar refractivity (Wildman–Crippen MR) is 320 cm³/mol. The maximum atomic E-state index is 13.4. The molecule has 22 nitrogen and oxygen atoms in total. The van der Waals surface area contributed by atoms with E-state index in [0.717, 1.165) is 16.7 Å². The lowest BCUT2D eigenvalue weighted by Crippen LogP contribution is -2.35. The Hall–Kier alpha value is -9.45. The molecule has 4 amide bonds. The van der Waals surface area contributed by atoms with E-state index in [2.05, 4.69) is 31.1 Å². The lowest BCUT2D eigenvalue weighted by Gasteiger charge is -2.19.